The first kappa shape index (κ1) is 13.1. The Bertz CT molecular complexity index is 1150. The highest BCUT2D eigenvalue weighted by molar-refractivity contribution is 5.84. The molecule has 0 amide bonds. The molecule has 5 aromatic rings. The number of aromatic nitrogens is 4. The Labute approximate surface area is 136 Å². The van der Waals surface area contributed by atoms with E-state index >= 15 is 0 Å². The number of para-hydroxylation sites is 1. The fraction of sp³-hybridized carbons (Fsp3) is 0.0556. The zero-order valence-electron chi connectivity index (χ0n) is 12.8. The molecule has 0 fully saturated rings. The molecule has 0 saturated carbocycles. The van der Waals surface area contributed by atoms with E-state index < -0.39 is 0 Å². The van der Waals surface area contributed by atoms with Crippen LogP contribution < -0.4 is 0 Å². The summed E-state index contributed by atoms with van der Waals surface area (Å²) in [6.45, 7) is 1.82. The number of aryl methyl sites for hydroxylation is 1. The highest BCUT2D eigenvalue weighted by Gasteiger charge is 2.14. The van der Waals surface area contributed by atoms with E-state index in [9.17, 15) is 0 Å². The second-order valence-corrected chi connectivity index (χ2v) is 5.61. The minimum atomic E-state index is 0.456. The number of fused-ring (bicyclic) bond motifs is 2. The van der Waals surface area contributed by atoms with Crippen LogP contribution in [0.25, 0.3) is 45.0 Å². The molecule has 0 aliphatic rings. The molecule has 6 nitrogen and oxygen atoms in total. The molecule has 0 bridgehead atoms. The van der Waals surface area contributed by atoms with Crippen molar-refractivity contribution in [2.75, 3.05) is 0 Å². The second-order valence-electron chi connectivity index (χ2n) is 5.61. The van der Waals surface area contributed by atoms with E-state index in [4.69, 9.17) is 8.94 Å². The molecule has 0 saturated heterocycles. The van der Waals surface area contributed by atoms with Crippen molar-refractivity contribution in [1.82, 2.24) is 20.1 Å². The first-order valence-corrected chi connectivity index (χ1v) is 7.56. The van der Waals surface area contributed by atoms with Crippen LogP contribution in [0.15, 0.2) is 57.5 Å². The van der Waals surface area contributed by atoms with Gasteiger partial charge in [-0.2, -0.15) is 4.98 Å². The molecule has 2 aromatic carbocycles. The summed E-state index contributed by atoms with van der Waals surface area (Å²) in [5.41, 5.74) is 4.19. The van der Waals surface area contributed by atoms with Crippen LogP contribution in [0, 0.1) is 6.92 Å². The lowest BCUT2D eigenvalue weighted by Crippen LogP contribution is -1.81. The monoisotopic (exact) mass is 316 g/mol. The third-order valence-electron chi connectivity index (χ3n) is 3.94. The Morgan fingerprint density at radius 2 is 1.92 bits per heavy atom. The van der Waals surface area contributed by atoms with E-state index in [0.717, 1.165) is 33.3 Å². The number of nitrogens with zero attached hydrogens (tertiary/aromatic N) is 3. The number of hydrogen-bond acceptors (Lipinski definition) is 5. The highest BCUT2D eigenvalue weighted by atomic mass is 16.5. The number of rotatable bonds is 2. The Morgan fingerprint density at radius 1 is 1.00 bits per heavy atom. The summed E-state index contributed by atoms with van der Waals surface area (Å²) >= 11 is 0. The summed E-state index contributed by atoms with van der Waals surface area (Å²) < 4.78 is 10.9. The van der Waals surface area contributed by atoms with Crippen molar-refractivity contribution in [3.63, 3.8) is 0 Å². The third kappa shape index (κ3) is 2.00. The van der Waals surface area contributed by atoms with Crippen LogP contribution in [0.2, 0.25) is 0 Å². The molecule has 3 heterocycles. The standard InChI is InChI=1S/C18H12N4O2/c1-10-19-14-9-12(6-7-16(14)23-10)17-21-18(24-22-17)15-8-11-4-2-3-5-13(11)20-15/h2-9,20H,1H3. The lowest BCUT2D eigenvalue weighted by atomic mass is 10.2. The molecule has 0 unspecified atom stereocenters. The van der Waals surface area contributed by atoms with Gasteiger partial charge < -0.3 is 13.9 Å². The first-order valence-electron chi connectivity index (χ1n) is 7.56. The zero-order valence-corrected chi connectivity index (χ0v) is 12.8. The van der Waals surface area contributed by atoms with E-state index in [1.165, 1.54) is 0 Å². The van der Waals surface area contributed by atoms with E-state index in [2.05, 4.69) is 20.1 Å². The number of H-pyrrole nitrogens is 1. The van der Waals surface area contributed by atoms with Crippen molar-refractivity contribution >= 4 is 22.0 Å². The summed E-state index contributed by atoms with van der Waals surface area (Å²) in [5.74, 6) is 1.61. The summed E-state index contributed by atoms with van der Waals surface area (Å²) in [4.78, 5) is 12.1. The molecule has 6 heteroatoms. The molecule has 0 radical (unpaired) electrons. The quantitative estimate of drug-likeness (QED) is 0.524. The molecule has 0 atom stereocenters. The fourth-order valence-electron chi connectivity index (χ4n) is 2.82. The average Bonchev–Trinajstić information content (AvgIpc) is 3.30. The van der Waals surface area contributed by atoms with Crippen LogP contribution in [-0.4, -0.2) is 20.1 Å². The largest absolute Gasteiger partial charge is 0.441 e. The van der Waals surface area contributed by atoms with Crippen molar-refractivity contribution in [3.05, 3.63) is 54.4 Å². The van der Waals surface area contributed by atoms with Gasteiger partial charge in [0.15, 0.2) is 11.5 Å². The number of benzene rings is 2. The van der Waals surface area contributed by atoms with Crippen LogP contribution in [0.3, 0.4) is 0 Å². The van der Waals surface area contributed by atoms with Gasteiger partial charge in [-0.05, 0) is 30.3 Å². The van der Waals surface area contributed by atoms with Gasteiger partial charge in [0.2, 0.25) is 5.82 Å². The normalized spacial score (nSPS) is 11.5. The van der Waals surface area contributed by atoms with E-state index in [0.29, 0.717) is 17.6 Å². The van der Waals surface area contributed by atoms with Gasteiger partial charge in [-0.15, -0.1) is 0 Å². The Hall–Kier alpha value is -3.41. The minimum absolute atomic E-state index is 0.456. The molecule has 5 rings (SSSR count). The van der Waals surface area contributed by atoms with Crippen LogP contribution in [0.5, 0.6) is 0 Å². The van der Waals surface area contributed by atoms with Crippen LogP contribution >= 0.6 is 0 Å². The molecular formula is C18H12N4O2. The highest BCUT2D eigenvalue weighted by Crippen LogP contribution is 2.27. The Morgan fingerprint density at radius 3 is 2.83 bits per heavy atom. The van der Waals surface area contributed by atoms with Gasteiger partial charge in [-0.1, -0.05) is 23.4 Å². The molecule has 0 aliphatic heterocycles. The molecule has 24 heavy (non-hydrogen) atoms. The van der Waals surface area contributed by atoms with Gasteiger partial charge in [0.05, 0.1) is 0 Å². The summed E-state index contributed by atoms with van der Waals surface area (Å²) in [6, 6.07) is 15.7. The minimum Gasteiger partial charge on any atom is -0.441 e. The van der Waals surface area contributed by atoms with Crippen molar-refractivity contribution in [2.45, 2.75) is 6.92 Å². The van der Waals surface area contributed by atoms with Gasteiger partial charge in [-0.3, -0.25) is 0 Å². The van der Waals surface area contributed by atoms with Gasteiger partial charge in [0, 0.05) is 23.4 Å². The van der Waals surface area contributed by atoms with Crippen LogP contribution in [0.4, 0.5) is 0 Å². The summed E-state index contributed by atoms with van der Waals surface area (Å²) in [7, 11) is 0. The lowest BCUT2D eigenvalue weighted by Gasteiger charge is -1.92. The van der Waals surface area contributed by atoms with E-state index in [1.807, 2.05) is 55.5 Å². The van der Waals surface area contributed by atoms with Gasteiger partial charge in [0.1, 0.15) is 11.2 Å². The van der Waals surface area contributed by atoms with Crippen molar-refractivity contribution in [2.24, 2.45) is 0 Å². The Kier molecular flexibility index (Phi) is 2.61. The number of oxazole rings is 1. The molecule has 1 N–H and O–H groups in total. The maximum absolute atomic E-state index is 5.49. The fourth-order valence-corrected chi connectivity index (χ4v) is 2.82. The Balaban J connectivity index is 1.57. The predicted octanol–water partition coefficient (Wildman–Crippen LogP) is 4.33. The smallest absolute Gasteiger partial charge is 0.274 e. The molecule has 3 aromatic heterocycles. The molecule has 0 aliphatic carbocycles. The predicted molar refractivity (Wildman–Crippen MR) is 89.3 cm³/mol. The van der Waals surface area contributed by atoms with Gasteiger partial charge >= 0.3 is 0 Å². The van der Waals surface area contributed by atoms with Crippen molar-refractivity contribution < 1.29 is 8.94 Å². The molecule has 116 valence electrons. The molecular weight excluding hydrogens is 304 g/mol. The number of aromatic amines is 1. The maximum Gasteiger partial charge on any atom is 0.274 e. The maximum atomic E-state index is 5.49. The van der Waals surface area contributed by atoms with Crippen LogP contribution in [-0.2, 0) is 0 Å². The summed E-state index contributed by atoms with van der Waals surface area (Å²) in [5, 5.41) is 5.19. The van der Waals surface area contributed by atoms with Gasteiger partial charge in [0.25, 0.3) is 5.89 Å². The van der Waals surface area contributed by atoms with Crippen molar-refractivity contribution in [3.8, 4) is 23.0 Å². The number of nitrogens with one attached hydrogen (secondary N) is 1. The zero-order chi connectivity index (χ0) is 16.1. The average molecular weight is 316 g/mol. The topological polar surface area (TPSA) is 80.7 Å². The third-order valence-corrected chi connectivity index (χ3v) is 3.94. The molecule has 0 spiro atoms. The lowest BCUT2D eigenvalue weighted by molar-refractivity contribution is 0.431. The summed E-state index contributed by atoms with van der Waals surface area (Å²) in [6.07, 6.45) is 0. The van der Waals surface area contributed by atoms with Crippen molar-refractivity contribution in [1.29, 1.82) is 0 Å². The number of hydrogen-bond donors (Lipinski definition) is 1. The second kappa shape index (κ2) is 4.79. The van der Waals surface area contributed by atoms with Crippen LogP contribution in [0.1, 0.15) is 5.89 Å². The van der Waals surface area contributed by atoms with Gasteiger partial charge in [-0.25, -0.2) is 4.98 Å². The SMILES string of the molecule is Cc1nc2cc(-c3noc(-c4cc5ccccc5[nH]4)n3)ccc2o1. The van der Waals surface area contributed by atoms with E-state index in [-0.39, 0.29) is 0 Å². The first-order chi connectivity index (χ1) is 11.8. The van der Waals surface area contributed by atoms with E-state index in [1.54, 1.807) is 0 Å².